The van der Waals surface area contributed by atoms with Gasteiger partial charge in [0, 0.05) is 0 Å². The van der Waals surface area contributed by atoms with Gasteiger partial charge in [0.15, 0.2) is 0 Å². The normalized spacial score (nSPS) is 12.6. The second kappa shape index (κ2) is 6.24. The fourth-order valence-electron chi connectivity index (χ4n) is 1.44. The second-order valence-electron chi connectivity index (χ2n) is 4.33. The Kier molecular flexibility index (Phi) is 5.25. The first kappa shape index (κ1) is 14.3. The molecule has 1 amide bonds. The zero-order valence-corrected chi connectivity index (χ0v) is 11.3. The number of carbonyl (C=O) groups is 1. The summed E-state index contributed by atoms with van der Waals surface area (Å²) < 4.78 is 0. The molecule has 1 aromatic rings. The van der Waals surface area contributed by atoms with Crippen molar-refractivity contribution >= 4 is 34.8 Å². The molecule has 0 spiro atoms. The molecule has 0 unspecified atom stereocenters. The SMILES string of the molecule is CC(C)C[C@@H](N)C(=O)Nc1cccc(Cl)c1Cl. The molecule has 5 heteroatoms. The van der Waals surface area contributed by atoms with E-state index in [9.17, 15) is 4.79 Å². The average molecular weight is 275 g/mol. The number of benzene rings is 1. The monoisotopic (exact) mass is 274 g/mol. The minimum absolute atomic E-state index is 0.247. The van der Waals surface area contributed by atoms with Gasteiger partial charge in [-0.25, -0.2) is 0 Å². The molecule has 1 atom stereocenters. The van der Waals surface area contributed by atoms with Crippen molar-refractivity contribution in [3.8, 4) is 0 Å². The third-order valence-electron chi connectivity index (χ3n) is 2.27. The van der Waals surface area contributed by atoms with Crippen LogP contribution < -0.4 is 11.1 Å². The predicted octanol–water partition coefficient (Wildman–Crippen LogP) is 3.31. The van der Waals surface area contributed by atoms with Crippen molar-refractivity contribution in [1.82, 2.24) is 0 Å². The zero-order chi connectivity index (χ0) is 13.0. The number of nitrogens with two attached hydrogens (primary N) is 1. The lowest BCUT2D eigenvalue weighted by Crippen LogP contribution is -2.36. The van der Waals surface area contributed by atoms with Crippen LogP contribution in [0.25, 0.3) is 0 Å². The van der Waals surface area contributed by atoms with Gasteiger partial charge in [0.2, 0.25) is 5.91 Å². The Morgan fingerprint density at radius 1 is 1.41 bits per heavy atom. The third-order valence-corrected chi connectivity index (χ3v) is 3.09. The highest BCUT2D eigenvalue weighted by Crippen LogP contribution is 2.29. The van der Waals surface area contributed by atoms with Crippen LogP contribution in [0.15, 0.2) is 18.2 Å². The first-order chi connectivity index (χ1) is 7.91. The van der Waals surface area contributed by atoms with Crippen LogP contribution >= 0.6 is 23.2 Å². The Labute approximate surface area is 111 Å². The van der Waals surface area contributed by atoms with Gasteiger partial charge < -0.3 is 11.1 Å². The van der Waals surface area contributed by atoms with Crippen LogP contribution in [0, 0.1) is 5.92 Å². The summed E-state index contributed by atoms with van der Waals surface area (Å²) in [6, 6.07) is 4.53. The summed E-state index contributed by atoms with van der Waals surface area (Å²) in [6.07, 6.45) is 0.629. The number of hydrogen-bond acceptors (Lipinski definition) is 2. The van der Waals surface area contributed by atoms with Gasteiger partial charge in [-0.15, -0.1) is 0 Å². The van der Waals surface area contributed by atoms with Gasteiger partial charge in [-0.2, -0.15) is 0 Å². The molecule has 3 nitrogen and oxygen atoms in total. The summed E-state index contributed by atoms with van der Waals surface area (Å²) in [7, 11) is 0. The quantitative estimate of drug-likeness (QED) is 0.885. The summed E-state index contributed by atoms with van der Waals surface area (Å²) in [5.41, 5.74) is 6.26. The van der Waals surface area contributed by atoms with Crippen LogP contribution in [-0.2, 0) is 4.79 Å². The first-order valence-electron chi connectivity index (χ1n) is 5.42. The fourth-order valence-corrected chi connectivity index (χ4v) is 1.79. The molecule has 1 aromatic carbocycles. The summed E-state index contributed by atoms with van der Waals surface area (Å²) in [5, 5.41) is 3.41. The molecule has 0 saturated heterocycles. The summed E-state index contributed by atoms with van der Waals surface area (Å²) in [5.74, 6) is 0.119. The molecule has 3 N–H and O–H groups in total. The maximum atomic E-state index is 11.8. The number of halogens is 2. The highest BCUT2D eigenvalue weighted by molar-refractivity contribution is 6.44. The van der Waals surface area contributed by atoms with E-state index in [0.29, 0.717) is 28.1 Å². The molecular formula is C12H16Cl2N2O. The second-order valence-corrected chi connectivity index (χ2v) is 5.11. The van der Waals surface area contributed by atoms with E-state index < -0.39 is 6.04 Å². The Morgan fingerprint density at radius 3 is 2.65 bits per heavy atom. The molecule has 0 aromatic heterocycles. The van der Waals surface area contributed by atoms with Gasteiger partial charge in [0.05, 0.1) is 21.8 Å². The highest BCUT2D eigenvalue weighted by atomic mass is 35.5. The molecule has 0 saturated carbocycles. The Hall–Kier alpha value is -0.770. The first-order valence-corrected chi connectivity index (χ1v) is 6.18. The molecule has 0 aliphatic rings. The smallest absolute Gasteiger partial charge is 0.241 e. The maximum Gasteiger partial charge on any atom is 0.241 e. The lowest BCUT2D eigenvalue weighted by atomic mass is 10.0. The van der Waals surface area contributed by atoms with Crippen molar-refractivity contribution in [2.24, 2.45) is 11.7 Å². The maximum absolute atomic E-state index is 11.8. The average Bonchev–Trinajstić information content (AvgIpc) is 2.23. The lowest BCUT2D eigenvalue weighted by molar-refractivity contribution is -0.117. The minimum Gasteiger partial charge on any atom is -0.323 e. The van der Waals surface area contributed by atoms with E-state index in [1.54, 1.807) is 18.2 Å². The van der Waals surface area contributed by atoms with Crippen LogP contribution in [-0.4, -0.2) is 11.9 Å². The van der Waals surface area contributed by atoms with Gasteiger partial charge in [-0.1, -0.05) is 43.1 Å². The summed E-state index contributed by atoms with van der Waals surface area (Å²) in [4.78, 5) is 11.8. The molecule has 1 rings (SSSR count). The van der Waals surface area contributed by atoms with Gasteiger partial charge in [-0.3, -0.25) is 4.79 Å². The summed E-state index contributed by atoms with van der Waals surface area (Å²) >= 11 is 11.8. The van der Waals surface area contributed by atoms with Gasteiger partial charge in [0.1, 0.15) is 0 Å². The van der Waals surface area contributed by atoms with Gasteiger partial charge >= 0.3 is 0 Å². The predicted molar refractivity (Wildman–Crippen MR) is 72.5 cm³/mol. The van der Waals surface area contributed by atoms with Gasteiger partial charge in [-0.05, 0) is 24.5 Å². The van der Waals surface area contributed by atoms with E-state index in [2.05, 4.69) is 5.32 Å². The molecule has 0 heterocycles. The van der Waals surface area contributed by atoms with Crippen LogP contribution in [0.3, 0.4) is 0 Å². The van der Waals surface area contributed by atoms with Crippen molar-refractivity contribution < 1.29 is 4.79 Å². The fraction of sp³-hybridized carbons (Fsp3) is 0.417. The largest absolute Gasteiger partial charge is 0.323 e. The zero-order valence-electron chi connectivity index (χ0n) is 9.84. The van der Waals surface area contributed by atoms with Crippen LogP contribution in [0.5, 0.6) is 0 Å². The van der Waals surface area contributed by atoms with E-state index in [1.807, 2.05) is 13.8 Å². The van der Waals surface area contributed by atoms with E-state index in [0.717, 1.165) is 0 Å². The third kappa shape index (κ3) is 4.19. The molecule has 94 valence electrons. The van der Waals surface area contributed by atoms with Crippen LogP contribution in [0.2, 0.25) is 10.0 Å². The molecule has 0 aliphatic carbocycles. The minimum atomic E-state index is -0.537. The summed E-state index contributed by atoms with van der Waals surface area (Å²) in [6.45, 7) is 4.03. The molecule has 0 aliphatic heterocycles. The Morgan fingerprint density at radius 2 is 2.06 bits per heavy atom. The standard InChI is InChI=1S/C12H16Cl2N2O/c1-7(2)6-9(15)12(17)16-10-5-3-4-8(13)11(10)14/h3-5,7,9H,6,15H2,1-2H3,(H,16,17)/t9-/m1/s1. The Balaban J connectivity index is 2.71. The number of amides is 1. The molecule has 0 fully saturated rings. The van der Waals surface area contributed by atoms with E-state index in [4.69, 9.17) is 28.9 Å². The van der Waals surface area contributed by atoms with Crippen molar-refractivity contribution in [3.05, 3.63) is 28.2 Å². The Bertz CT molecular complexity index is 407. The van der Waals surface area contributed by atoms with Crippen LogP contribution in [0.1, 0.15) is 20.3 Å². The number of carbonyl (C=O) groups excluding carboxylic acids is 1. The lowest BCUT2D eigenvalue weighted by Gasteiger charge is -2.15. The van der Waals surface area contributed by atoms with Crippen molar-refractivity contribution in [2.75, 3.05) is 5.32 Å². The van der Waals surface area contributed by atoms with E-state index in [1.165, 1.54) is 0 Å². The number of rotatable bonds is 4. The number of anilines is 1. The molecule has 0 radical (unpaired) electrons. The molecular weight excluding hydrogens is 259 g/mol. The van der Waals surface area contributed by atoms with E-state index >= 15 is 0 Å². The van der Waals surface area contributed by atoms with Crippen LogP contribution in [0.4, 0.5) is 5.69 Å². The van der Waals surface area contributed by atoms with E-state index in [-0.39, 0.29) is 5.91 Å². The highest BCUT2D eigenvalue weighted by Gasteiger charge is 2.16. The van der Waals surface area contributed by atoms with Crippen molar-refractivity contribution in [2.45, 2.75) is 26.3 Å². The molecule has 17 heavy (non-hydrogen) atoms. The van der Waals surface area contributed by atoms with Crippen molar-refractivity contribution in [3.63, 3.8) is 0 Å². The van der Waals surface area contributed by atoms with Gasteiger partial charge in [0.25, 0.3) is 0 Å². The number of hydrogen-bond donors (Lipinski definition) is 2. The molecule has 0 bridgehead atoms. The van der Waals surface area contributed by atoms with Crippen molar-refractivity contribution in [1.29, 1.82) is 0 Å². The number of nitrogens with one attached hydrogen (secondary N) is 1. The topological polar surface area (TPSA) is 55.1 Å².